The number of carbonyl (C=O) groups excluding carboxylic acids is 1. The molecular weight excluding hydrogens is 450 g/mol. The van der Waals surface area contributed by atoms with Gasteiger partial charge in [0, 0.05) is 44.0 Å². The van der Waals surface area contributed by atoms with Crippen LogP contribution in [-0.4, -0.2) is 55.4 Å². The molecule has 35 heavy (non-hydrogen) atoms. The fourth-order valence-corrected chi connectivity index (χ4v) is 4.19. The van der Waals surface area contributed by atoms with E-state index in [-0.39, 0.29) is 5.97 Å². The van der Waals surface area contributed by atoms with Crippen LogP contribution in [0.25, 0.3) is 11.1 Å². The molecule has 0 unspecified atom stereocenters. The van der Waals surface area contributed by atoms with E-state index in [1.807, 2.05) is 19.1 Å². The first-order valence-electron chi connectivity index (χ1n) is 11.3. The van der Waals surface area contributed by atoms with Crippen LogP contribution in [0.1, 0.15) is 27.0 Å². The summed E-state index contributed by atoms with van der Waals surface area (Å²) in [6.07, 6.45) is 4.00. The Kier molecular flexibility index (Phi) is 7.33. The Labute approximate surface area is 202 Å². The Morgan fingerprint density at radius 2 is 2.11 bits per heavy atom. The molecule has 2 heterocycles. The second-order valence-electron chi connectivity index (χ2n) is 8.31. The quantitative estimate of drug-likeness (QED) is 0.296. The average molecular weight is 480 g/mol. The van der Waals surface area contributed by atoms with Crippen molar-refractivity contribution in [1.82, 2.24) is 9.88 Å². The number of hydrogen-bond donors (Lipinski definition) is 3. The van der Waals surface area contributed by atoms with Crippen molar-refractivity contribution in [3.63, 3.8) is 0 Å². The minimum atomic E-state index is -0.558. The molecule has 0 fully saturated rings. The van der Waals surface area contributed by atoms with Gasteiger partial charge < -0.3 is 25.4 Å². The molecule has 0 bridgehead atoms. The van der Waals surface area contributed by atoms with Gasteiger partial charge in [-0.2, -0.15) is 0 Å². The number of oxazole rings is 1. The van der Waals surface area contributed by atoms with Gasteiger partial charge in [-0.1, -0.05) is 6.07 Å². The SMILES string of the molecule is COc1cc(N=CC(=CN)CN(CCN)CCc2ccc3c(c2C)COC3=O)cc2[nH]c(=O)oc12. The van der Waals surface area contributed by atoms with Crippen LogP contribution in [0.15, 0.2) is 50.2 Å². The molecule has 0 amide bonds. The standard InChI is InChI=1S/C25H29N5O5/c1-15-17(3-4-19-20(15)14-34-24(19)31)5-7-30(8-6-26)13-16(11-27)12-28-18-9-21-23(22(10-18)33-2)35-25(32)29-21/h3-4,9-12H,5-8,13-14,26-27H2,1-2H3,(H,29,32). The monoisotopic (exact) mass is 479 g/mol. The summed E-state index contributed by atoms with van der Waals surface area (Å²) in [7, 11) is 1.50. The highest BCUT2D eigenvalue weighted by Gasteiger charge is 2.24. The Morgan fingerprint density at radius 3 is 2.86 bits per heavy atom. The van der Waals surface area contributed by atoms with E-state index >= 15 is 0 Å². The molecule has 10 nitrogen and oxygen atoms in total. The van der Waals surface area contributed by atoms with Gasteiger partial charge in [0.05, 0.1) is 23.9 Å². The van der Waals surface area contributed by atoms with Crippen molar-refractivity contribution in [2.75, 3.05) is 33.3 Å². The number of esters is 1. The van der Waals surface area contributed by atoms with Crippen LogP contribution in [0.2, 0.25) is 0 Å². The number of carbonyl (C=O) groups is 1. The number of nitrogens with one attached hydrogen (secondary N) is 1. The zero-order chi connectivity index (χ0) is 24.9. The van der Waals surface area contributed by atoms with Crippen molar-refractivity contribution in [2.45, 2.75) is 20.0 Å². The number of ether oxygens (including phenoxy) is 2. The van der Waals surface area contributed by atoms with Crippen LogP contribution < -0.4 is 22.0 Å². The highest BCUT2D eigenvalue weighted by Crippen LogP contribution is 2.29. The summed E-state index contributed by atoms with van der Waals surface area (Å²) in [6, 6.07) is 7.23. The van der Waals surface area contributed by atoms with Crippen LogP contribution in [-0.2, 0) is 17.8 Å². The summed E-state index contributed by atoms with van der Waals surface area (Å²) in [6.45, 7) is 4.87. The molecule has 4 rings (SSSR count). The number of aliphatic imine (C=N–C) groups is 1. The normalized spacial score (nSPS) is 13.7. The summed E-state index contributed by atoms with van der Waals surface area (Å²) in [5.74, 6) is -0.405. The number of cyclic esters (lactones) is 1. The van der Waals surface area contributed by atoms with Crippen molar-refractivity contribution in [3.8, 4) is 5.75 Å². The predicted molar refractivity (Wildman–Crippen MR) is 133 cm³/mol. The van der Waals surface area contributed by atoms with Crippen molar-refractivity contribution in [2.24, 2.45) is 16.5 Å². The van der Waals surface area contributed by atoms with Crippen molar-refractivity contribution in [3.05, 3.63) is 68.8 Å². The van der Waals surface area contributed by atoms with Gasteiger partial charge in [0.25, 0.3) is 0 Å². The minimum absolute atomic E-state index is 0.257. The van der Waals surface area contributed by atoms with E-state index in [2.05, 4.69) is 14.9 Å². The van der Waals surface area contributed by atoms with Gasteiger partial charge in [0.1, 0.15) is 6.61 Å². The van der Waals surface area contributed by atoms with Gasteiger partial charge in [-0.25, -0.2) is 9.59 Å². The third kappa shape index (κ3) is 5.28. The molecule has 1 aliphatic rings. The number of nitrogens with two attached hydrogens (primary N) is 2. The molecular formula is C25H29N5O5. The van der Waals surface area contributed by atoms with Crippen LogP contribution in [0, 0.1) is 6.92 Å². The Hall–Kier alpha value is -3.89. The number of nitrogens with zero attached hydrogens (tertiary/aromatic N) is 2. The van der Waals surface area contributed by atoms with Gasteiger partial charge in [0.2, 0.25) is 0 Å². The van der Waals surface area contributed by atoms with E-state index in [4.69, 9.17) is 25.4 Å². The summed E-state index contributed by atoms with van der Waals surface area (Å²) in [4.78, 5) is 32.7. The molecule has 1 aliphatic heterocycles. The smallest absolute Gasteiger partial charge is 0.417 e. The number of H-pyrrole nitrogens is 1. The van der Waals surface area contributed by atoms with Gasteiger partial charge in [-0.15, -0.1) is 0 Å². The van der Waals surface area contributed by atoms with Crippen LogP contribution in [0.5, 0.6) is 5.75 Å². The van der Waals surface area contributed by atoms with Gasteiger partial charge in [-0.3, -0.25) is 14.9 Å². The van der Waals surface area contributed by atoms with Gasteiger partial charge in [0.15, 0.2) is 11.3 Å². The topological polar surface area (TPSA) is 149 Å². The zero-order valence-electron chi connectivity index (χ0n) is 19.8. The van der Waals surface area contributed by atoms with Crippen LogP contribution >= 0.6 is 0 Å². The number of hydrogen-bond acceptors (Lipinski definition) is 9. The van der Waals surface area contributed by atoms with Crippen molar-refractivity contribution in [1.29, 1.82) is 0 Å². The fourth-order valence-electron chi connectivity index (χ4n) is 4.19. The summed E-state index contributed by atoms with van der Waals surface area (Å²) in [5, 5.41) is 0. The third-order valence-corrected chi connectivity index (χ3v) is 6.11. The number of rotatable bonds is 10. The lowest BCUT2D eigenvalue weighted by Gasteiger charge is -2.22. The van der Waals surface area contributed by atoms with Gasteiger partial charge >= 0.3 is 11.7 Å². The molecule has 0 radical (unpaired) electrons. The zero-order valence-corrected chi connectivity index (χ0v) is 19.8. The Balaban J connectivity index is 1.45. The van der Waals surface area contributed by atoms with Crippen molar-refractivity contribution < 1.29 is 18.7 Å². The highest BCUT2D eigenvalue weighted by atomic mass is 16.5. The summed E-state index contributed by atoms with van der Waals surface area (Å²) >= 11 is 0. The molecule has 0 saturated heterocycles. The van der Waals surface area contributed by atoms with Crippen LogP contribution in [0.4, 0.5) is 5.69 Å². The largest absolute Gasteiger partial charge is 0.493 e. The maximum Gasteiger partial charge on any atom is 0.417 e. The number of benzene rings is 2. The van der Waals surface area contributed by atoms with E-state index in [1.165, 1.54) is 18.9 Å². The lowest BCUT2D eigenvalue weighted by molar-refractivity contribution is 0.0535. The lowest BCUT2D eigenvalue weighted by atomic mass is 9.96. The number of fused-ring (bicyclic) bond motifs is 2. The van der Waals surface area contributed by atoms with E-state index in [9.17, 15) is 9.59 Å². The van der Waals surface area contributed by atoms with Gasteiger partial charge in [-0.05, 0) is 48.4 Å². The molecule has 0 atom stereocenters. The Bertz CT molecular complexity index is 1350. The molecule has 0 aliphatic carbocycles. The first-order chi connectivity index (χ1) is 16.9. The second-order valence-corrected chi connectivity index (χ2v) is 8.31. The maximum atomic E-state index is 11.8. The molecule has 5 N–H and O–H groups in total. The molecule has 0 saturated carbocycles. The van der Waals surface area contributed by atoms with E-state index in [1.54, 1.807) is 18.3 Å². The molecule has 1 aromatic heterocycles. The van der Waals surface area contributed by atoms with E-state index < -0.39 is 5.76 Å². The van der Waals surface area contributed by atoms with E-state index in [0.29, 0.717) is 54.3 Å². The first-order valence-corrected chi connectivity index (χ1v) is 11.3. The van der Waals surface area contributed by atoms with E-state index in [0.717, 1.165) is 29.7 Å². The summed E-state index contributed by atoms with van der Waals surface area (Å²) in [5.41, 5.74) is 17.9. The molecule has 0 spiro atoms. The lowest BCUT2D eigenvalue weighted by Crippen LogP contribution is -2.33. The van der Waals surface area contributed by atoms with Crippen molar-refractivity contribution >= 4 is 29.0 Å². The molecule has 10 heteroatoms. The molecule has 184 valence electrons. The highest BCUT2D eigenvalue weighted by molar-refractivity contribution is 5.94. The first kappa shape index (κ1) is 24.2. The Morgan fingerprint density at radius 1 is 1.29 bits per heavy atom. The fraction of sp³-hybridized carbons (Fsp3) is 0.320. The minimum Gasteiger partial charge on any atom is -0.493 e. The third-order valence-electron chi connectivity index (χ3n) is 6.11. The maximum absolute atomic E-state index is 11.8. The predicted octanol–water partition coefficient (Wildman–Crippen LogP) is 2.16. The average Bonchev–Trinajstić information content (AvgIpc) is 3.42. The molecule has 3 aromatic rings. The molecule has 2 aromatic carbocycles. The number of aromatic nitrogens is 1. The number of aromatic amines is 1. The number of methoxy groups -OCH3 is 1. The second kappa shape index (κ2) is 10.6. The van der Waals surface area contributed by atoms with Crippen LogP contribution in [0.3, 0.4) is 0 Å². The summed E-state index contributed by atoms with van der Waals surface area (Å²) < 4.78 is 15.6.